The van der Waals surface area contributed by atoms with Crippen LogP contribution in [0, 0.1) is 6.92 Å². The third-order valence-corrected chi connectivity index (χ3v) is 6.78. The van der Waals surface area contributed by atoms with E-state index < -0.39 is 27.7 Å². The van der Waals surface area contributed by atoms with Crippen LogP contribution in [0.1, 0.15) is 35.3 Å². The molecule has 11 heteroatoms. The molecule has 0 aliphatic heterocycles. The van der Waals surface area contributed by atoms with Crippen LogP contribution in [0.4, 0.5) is 19.0 Å². The van der Waals surface area contributed by atoms with Crippen LogP contribution in [-0.4, -0.2) is 49.8 Å². The van der Waals surface area contributed by atoms with Crippen molar-refractivity contribution in [3.8, 4) is 0 Å². The quantitative estimate of drug-likeness (QED) is 0.563. The van der Waals surface area contributed by atoms with Gasteiger partial charge in [0.25, 0.3) is 5.91 Å². The molecule has 1 aromatic carbocycles. The second-order valence-electron chi connectivity index (χ2n) is 6.65. The Bertz CT molecular complexity index is 1020. The van der Waals surface area contributed by atoms with Crippen molar-refractivity contribution in [2.75, 3.05) is 31.5 Å². The van der Waals surface area contributed by atoms with Crippen LogP contribution in [0.25, 0.3) is 0 Å². The molecule has 0 aliphatic rings. The van der Waals surface area contributed by atoms with E-state index in [-0.39, 0.29) is 29.4 Å². The molecule has 0 fully saturated rings. The molecule has 1 amide bonds. The molecule has 0 bridgehead atoms. The molecule has 0 aliphatic carbocycles. The Morgan fingerprint density at radius 1 is 1.13 bits per heavy atom. The first kappa shape index (κ1) is 24.6. The number of amides is 1. The van der Waals surface area contributed by atoms with Crippen molar-refractivity contribution in [1.82, 2.24) is 14.6 Å². The van der Waals surface area contributed by atoms with Gasteiger partial charge in [0.1, 0.15) is 5.82 Å². The van der Waals surface area contributed by atoms with Crippen molar-refractivity contribution in [1.29, 1.82) is 0 Å². The maximum absolute atomic E-state index is 13.0. The largest absolute Gasteiger partial charge is 0.419 e. The van der Waals surface area contributed by atoms with Gasteiger partial charge in [-0.25, -0.2) is 13.4 Å². The number of nitrogens with one attached hydrogen (secondary N) is 2. The number of alkyl halides is 3. The van der Waals surface area contributed by atoms with Crippen LogP contribution in [0.15, 0.2) is 41.4 Å². The molecule has 2 aromatic rings. The molecule has 0 spiro atoms. The fourth-order valence-corrected chi connectivity index (χ4v) is 4.66. The van der Waals surface area contributed by atoms with Gasteiger partial charge in [-0.1, -0.05) is 19.9 Å². The van der Waals surface area contributed by atoms with Crippen molar-refractivity contribution in [3.63, 3.8) is 0 Å². The zero-order chi connectivity index (χ0) is 23.2. The number of benzene rings is 1. The van der Waals surface area contributed by atoms with Gasteiger partial charge in [0.05, 0.1) is 10.5 Å². The van der Waals surface area contributed by atoms with Gasteiger partial charge in [-0.3, -0.25) is 4.79 Å². The molecule has 0 atom stereocenters. The molecule has 0 saturated carbocycles. The summed E-state index contributed by atoms with van der Waals surface area (Å²) in [7, 11) is -3.74. The molecule has 170 valence electrons. The Morgan fingerprint density at radius 2 is 1.81 bits per heavy atom. The lowest BCUT2D eigenvalue weighted by molar-refractivity contribution is -0.137. The van der Waals surface area contributed by atoms with E-state index in [2.05, 4.69) is 15.6 Å². The van der Waals surface area contributed by atoms with Gasteiger partial charge >= 0.3 is 6.18 Å². The molecule has 1 aromatic heterocycles. The third-order valence-electron chi connectivity index (χ3n) is 4.59. The van der Waals surface area contributed by atoms with Gasteiger partial charge in [0.2, 0.25) is 10.0 Å². The lowest BCUT2D eigenvalue weighted by Gasteiger charge is -2.20. The number of carbonyl (C=O) groups excluding carboxylic acids is 1. The van der Waals surface area contributed by atoms with Gasteiger partial charge < -0.3 is 10.6 Å². The Hall–Kier alpha value is -2.66. The fraction of sp³-hybridized carbons (Fsp3) is 0.400. The fourth-order valence-electron chi connectivity index (χ4n) is 2.96. The predicted octanol–water partition coefficient (Wildman–Crippen LogP) is 3.28. The molecule has 0 unspecified atom stereocenters. The second kappa shape index (κ2) is 10.1. The van der Waals surface area contributed by atoms with Gasteiger partial charge in [0.15, 0.2) is 0 Å². The molecular weight excluding hydrogens is 433 g/mol. The summed E-state index contributed by atoms with van der Waals surface area (Å²) in [5.74, 6) is -0.859. The van der Waals surface area contributed by atoms with Gasteiger partial charge in [0, 0.05) is 37.9 Å². The van der Waals surface area contributed by atoms with Crippen molar-refractivity contribution in [2.45, 2.75) is 31.8 Å². The SMILES string of the molecule is CCN(CC)S(=O)(=O)c1cc(C(=O)NCCNc2ncccc2C(F)(F)F)ccc1C. The maximum Gasteiger partial charge on any atom is 0.419 e. The first-order chi connectivity index (χ1) is 14.5. The summed E-state index contributed by atoms with van der Waals surface area (Å²) in [4.78, 5) is 16.2. The minimum atomic E-state index is -4.55. The standard InChI is InChI=1S/C20H25F3N4O3S/c1-4-27(5-2)31(29,30)17-13-15(9-8-14(17)3)19(28)26-12-11-25-18-16(20(21,22)23)7-6-10-24-18/h6-10,13H,4-5,11-12H2,1-3H3,(H,24,25)(H,26,28). The number of anilines is 1. The number of hydrogen-bond donors (Lipinski definition) is 2. The summed E-state index contributed by atoms with van der Waals surface area (Å²) in [5, 5.41) is 5.12. The van der Waals surface area contributed by atoms with Crippen LogP contribution in [0.2, 0.25) is 0 Å². The summed E-state index contributed by atoms with van der Waals surface area (Å²) in [6.07, 6.45) is -3.31. The summed E-state index contributed by atoms with van der Waals surface area (Å²) in [6.45, 7) is 5.72. The Labute approximate surface area is 179 Å². The number of sulfonamides is 1. The highest BCUT2D eigenvalue weighted by Gasteiger charge is 2.34. The number of nitrogens with zero attached hydrogens (tertiary/aromatic N) is 2. The third kappa shape index (κ3) is 5.95. The lowest BCUT2D eigenvalue weighted by atomic mass is 10.1. The number of aryl methyl sites for hydroxylation is 1. The van der Waals surface area contributed by atoms with Crippen molar-refractivity contribution in [2.24, 2.45) is 0 Å². The van der Waals surface area contributed by atoms with E-state index in [0.29, 0.717) is 18.7 Å². The van der Waals surface area contributed by atoms with E-state index in [4.69, 9.17) is 0 Å². The highest BCUT2D eigenvalue weighted by atomic mass is 32.2. The molecular formula is C20H25F3N4O3S. The van der Waals surface area contributed by atoms with E-state index in [0.717, 1.165) is 6.07 Å². The van der Waals surface area contributed by atoms with Crippen molar-refractivity contribution >= 4 is 21.7 Å². The zero-order valence-corrected chi connectivity index (χ0v) is 18.3. The van der Waals surface area contributed by atoms with Crippen LogP contribution in [-0.2, 0) is 16.2 Å². The second-order valence-corrected chi connectivity index (χ2v) is 8.56. The molecule has 7 nitrogen and oxygen atoms in total. The molecule has 1 heterocycles. The summed E-state index contributed by atoms with van der Waals surface area (Å²) in [5.41, 5.74) is -0.240. The number of rotatable bonds is 9. The Morgan fingerprint density at radius 3 is 2.42 bits per heavy atom. The number of pyridine rings is 1. The predicted molar refractivity (Wildman–Crippen MR) is 111 cm³/mol. The highest BCUT2D eigenvalue weighted by molar-refractivity contribution is 7.89. The first-order valence-corrected chi connectivity index (χ1v) is 11.1. The molecule has 0 radical (unpaired) electrons. The van der Waals surface area contributed by atoms with Crippen LogP contribution in [0.3, 0.4) is 0 Å². The van der Waals surface area contributed by atoms with Crippen LogP contribution < -0.4 is 10.6 Å². The zero-order valence-electron chi connectivity index (χ0n) is 17.5. The van der Waals surface area contributed by atoms with Gasteiger partial charge in [-0.2, -0.15) is 17.5 Å². The minimum Gasteiger partial charge on any atom is -0.368 e. The molecule has 31 heavy (non-hydrogen) atoms. The summed E-state index contributed by atoms with van der Waals surface area (Å²) in [6, 6.07) is 6.47. The molecule has 2 rings (SSSR count). The van der Waals surface area contributed by atoms with E-state index in [1.165, 1.54) is 28.7 Å². The van der Waals surface area contributed by atoms with Crippen LogP contribution in [0.5, 0.6) is 0 Å². The van der Waals surface area contributed by atoms with Crippen molar-refractivity contribution in [3.05, 3.63) is 53.2 Å². The molecule has 0 saturated heterocycles. The number of hydrogen-bond acceptors (Lipinski definition) is 5. The smallest absolute Gasteiger partial charge is 0.368 e. The average Bonchev–Trinajstić information content (AvgIpc) is 2.71. The van der Waals surface area contributed by atoms with Gasteiger partial charge in [-0.05, 0) is 36.8 Å². The van der Waals surface area contributed by atoms with Crippen molar-refractivity contribution < 1.29 is 26.4 Å². The van der Waals surface area contributed by atoms with E-state index in [9.17, 15) is 26.4 Å². The topological polar surface area (TPSA) is 91.4 Å². The normalized spacial score (nSPS) is 12.1. The van der Waals surface area contributed by atoms with E-state index >= 15 is 0 Å². The minimum absolute atomic E-state index is 0.00228. The summed E-state index contributed by atoms with van der Waals surface area (Å²) < 4.78 is 65.8. The Balaban J connectivity index is 2.06. The Kier molecular flexibility index (Phi) is 8.02. The van der Waals surface area contributed by atoms with E-state index in [1.807, 2.05) is 0 Å². The summed E-state index contributed by atoms with van der Waals surface area (Å²) >= 11 is 0. The van der Waals surface area contributed by atoms with Gasteiger partial charge in [-0.15, -0.1) is 0 Å². The molecule has 2 N–H and O–H groups in total. The lowest BCUT2D eigenvalue weighted by Crippen LogP contribution is -2.32. The number of carbonyl (C=O) groups is 1. The monoisotopic (exact) mass is 458 g/mol. The van der Waals surface area contributed by atoms with E-state index in [1.54, 1.807) is 26.8 Å². The van der Waals surface area contributed by atoms with Crippen LogP contribution >= 0.6 is 0 Å². The number of aromatic nitrogens is 1. The number of halogens is 3. The average molecular weight is 459 g/mol. The first-order valence-electron chi connectivity index (χ1n) is 9.67. The maximum atomic E-state index is 13.0. The highest BCUT2D eigenvalue weighted by Crippen LogP contribution is 2.33.